The van der Waals surface area contributed by atoms with Crippen LogP contribution in [-0.2, 0) is 12.8 Å². The summed E-state index contributed by atoms with van der Waals surface area (Å²) in [6.45, 7) is -0.872. The van der Waals surface area contributed by atoms with Crippen LogP contribution in [0.5, 0.6) is 5.75 Å². The van der Waals surface area contributed by atoms with Crippen molar-refractivity contribution in [1.82, 2.24) is 4.98 Å². The summed E-state index contributed by atoms with van der Waals surface area (Å²) in [4.78, 5) is 3.18. The van der Waals surface area contributed by atoms with Crippen molar-refractivity contribution >= 4 is 0 Å². The molecular formula is C7H6F3NO2. The highest BCUT2D eigenvalue weighted by atomic mass is 19.4. The van der Waals surface area contributed by atoms with E-state index in [4.69, 9.17) is 10.2 Å². The summed E-state index contributed by atoms with van der Waals surface area (Å²) < 4.78 is 36.5. The van der Waals surface area contributed by atoms with Gasteiger partial charge in [0.2, 0.25) is 0 Å². The highest BCUT2D eigenvalue weighted by Gasteiger charge is 2.34. The molecule has 0 atom stereocenters. The Morgan fingerprint density at radius 2 is 1.92 bits per heavy atom. The van der Waals surface area contributed by atoms with Gasteiger partial charge in [0.1, 0.15) is 5.75 Å². The van der Waals surface area contributed by atoms with Crippen LogP contribution in [0.15, 0.2) is 12.4 Å². The van der Waals surface area contributed by atoms with E-state index in [9.17, 15) is 13.2 Å². The van der Waals surface area contributed by atoms with Crippen LogP contribution in [0.1, 0.15) is 11.1 Å². The number of hydrogen-bond acceptors (Lipinski definition) is 3. The van der Waals surface area contributed by atoms with E-state index in [1.807, 2.05) is 0 Å². The topological polar surface area (TPSA) is 53.4 Å². The SMILES string of the molecule is OCc1c(O)cncc1C(F)(F)F. The number of rotatable bonds is 1. The molecule has 1 rings (SSSR count). The first-order chi connectivity index (χ1) is 5.96. The minimum atomic E-state index is -4.61. The molecular weight excluding hydrogens is 187 g/mol. The average molecular weight is 193 g/mol. The summed E-state index contributed by atoms with van der Waals surface area (Å²) in [6, 6.07) is 0. The lowest BCUT2D eigenvalue weighted by molar-refractivity contribution is -0.139. The Kier molecular flexibility index (Phi) is 2.42. The minimum absolute atomic E-state index is 0.553. The highest BCUT2D eigenvalue weighted by Crippen LogP contribution is 2.34. The van der Waals surface area contributed by atoms with Gasteiger partial charge >= 0.3 is 6.18 Å². The molecule has 0 aliphatic heterocycles. The van der Waals surface area contributed by atoms with Gasteiger partial charge in [-0.25, -0.2) is 0 Å². The van der Waals surface area contributed by atoms with E-state index in [1.165, 1.54) is 0 Å². The number of hydrogen-bond donors (Lipinski definition) is 2. The Bertz CT molecular complexity index is 311. The lowest BCUT2D eigenvalue weighted by Gasteiger charge is -2.10. The fourth-order valence-electron chi connectivity index (χ4n) is 0.887. The van der Waals surface area contributed by atoms with Crippen LogP contribution in [0.25, 0.3) is 0 Å². The van der Waals surface area contributed by atoms with Gasteiger partial charge in [0.15, 0.2) is 0 Å². The van der Waals surface area contributed by atoms with E-state index in [-0.39, 0.29) is 0 Å². The van der Waals surface area contributed by atoms with Gasteiger partial charge in [0.05, 0.1) is 18.4 Å². The first-order valence-electron chi connectivity index (χ1n) is 3.30. The fraction of sp³-hybridized carbons (Fsp3) is 0.286. The summed E-state index contributed by atoms with van der Waals surface area (Å²) >= 11 is 0. The van der Waals surface area contributed by atoms with Crippen molar-refractivity contribution in [2.24, 2.45) is 0 Å². The monoisotopic (exact) mass is 193 g/mol. The lowest BCUT2D eigenvalue weighted by Crippen LogP contribution is -2.09. The second kappa shape index (κ2) is 3.21. The van der Waals surface area contributed by atoms with Gasteiger partial charge in [-0.1, -0.05) is 0 Å². The summed E-state index contributed by atoms with van der Waals surface area (Å²) in [7, 11) is 0. The summed E-state index contributed by atoms with van der Waals surface area (Å²) in [6.07, 6.45) is -3.20. The van der Waals surface area contributed by atoms with Gasteiger partial charge < -0.3 is 10.2 Å². The molecule has 1 aromatic rings. The lowest BCUT2D eigenvalue weighted by atomic mass is 10.1. The van der Waals surface area contributed by atoms with E-state index >= 15 is 0 Å². The van der Waals surface area contributed by atoms with Gasteiger partial charge in [0.25, 0.3) is 0 Å². The molecule has 3 nitrogen and oxygen atoms in total. The Balaban J connectivity index is 3.29. The van der Waals surface area contributed by atoms with Crippen LogP contribution in [-0.4, -0.2) is 15.2 Å². The Morgan fingerprint density at radius 1 is 1.31 bits per heavy atom. The third-order valence-corrected chi connectivity index (χ3v) is 1.50. The fourth-order valence-corrected chi connectivity index (χ4v) is 0.887. The number of nitrogens with zero attached hydrogens (tertiary/aromatic N) is 1. The maximum atomic E-state index is 12.2. The second-order valence-electron chi connectivity index (χ2n) is 2.34. The molecule has 0 unspecified atom stereocenters. The minimum Gasteiger partial charge on any atom is -0.506 e. The third-order valence-electron chi connectivity index (χ3n) is 1.50. The first-order valence-corrected chi connectivity index (χ1v) is 3.30. The third kappa shape index (κ3) is 1.89. The van der Waals surface area contributed by atoms with Crippen LogP contribution < -0.4 is 0 Å². The Labute approximate surface area is 71.5 Å². The number of aliphatic hydroxyl groups is 1. The van der Waals surface area contributed by atoms with Crippen LogP contribution in [0.3, 0.4) is 0 Å². The molecule has 72 valence electrons. The van der Waals surface area contributed by atoms with Crippen molar-refractivity contribution in [3.63, 3.8) is 0 Å². The molecule has 0 bridgehead atoms. The van der Waals surface area contributed by atoms with E-state index in [1.54, 1.807) is 0 Å². The molecule has 0 saturated carbocycles. The standard InChI is InChI=1S/C7H6F3NO2/c8-7(9,10)5-1-11-2-6(13)4(5)3-12/h1-2,12-13H,3H2. The maximum Gasteiger partial charge on any atom is 0.418 e. The second-order valence-corrected chi connectivity index (χ2v) is 2.34. The number of aliphatic hydroxyl groups excluding tert-OH is 1. The van der Waals surface area contributed by atoms with Crippen molar-refractivity contribution < 1.29 is 23.4 Å². The van der Waals surface area contributed by atoms with E-state index in [0.29, 0.717) is 6.20 Å². The summed E-state index contributed by atoms with van der Waals surface area (Å²) in [5, 5.41) is 17.5. The zero-order chi connectivity index (χ0) is 10.1. The quantitative estimate of drug-likeness (QED) is 0.706. The van der Waals surface area contributed by atoms with Gasteiger partial charge in [0, 0.05) is 11.8 Å². The predicted octanol–water partition coefficient (Wildman–Crippen LogP) is 1.30. The average Bonchev–Trinajstić information content (AvgIpc) is 2.02. The van der Waals surface area contributed by atoms with E-state index in [0.717, 1.165) is 6.20 Å². The number of aromatic nitrogens is 1. The molecule has 0 radical (unpaired) electrons. The number of aromatic hydroxyl groups is 1. The molecule has 0 amide bonds. The Morgan fingerprint density at radius 3 is 2.31 bits per heavy atom. The maximum absolute atomic E-state index is 12.2. The zero-order valence-electron chi connectivity index (χ0n) is 6.34. The van der Waals surface area contributed by atoms with Gasteiger partial charge in [-0.05, 0) is 0 Å². The van der Waals surface area contributed by atoms with Gasteiger partial charge in [-0.2, -0.15) is 13.2 Å². The van der Waals surface area contributed by atoms with Gasteiger partial charge in [-0.15, -0.1) is 0 Å². The van der Waals surface area contributed by atoms with Crippen molar-refractivity contribution in [2.75, 3.05) is 0 Å². The molecule has 2 N–H and O–H groups in total. The summed E-state index contributed by atoms with van der Waals surface area (Å²) in [5.74, 6) is -0.655. The normalized spacial score (nSPS) is 11.7. The summed E-state index contributed by atoms with van der Waals surface area (Å²) in [5.41, 5.74) is -1.67. The number of alkyl halides is 3. The molecule has 13 heavy (non-hydrogen) atoms. The highest BCUT2D eigenvalue weighted by molar-refractivity contribution is 5.36. The van der Waals surface area contributed by atoms with Gasteiger partial charge in [-0.3, -0.25) is 4.98 Å². The molecule has 1 aromatic heterocycles. The van der Waals surface area contributed by atoms with Crippen LogP contribution in [0.4, 0.5) is 13.2 Å². The number of halogens is 3. The molecule has 0 saturated heterocycles. The largest absolute Gasteiger partial charge is 0.506 e. The van der Waals surface area contributed by atoms with Crippen molar-refractivity contribution in [2.45, 2.75) is 12.8 Å². The van der Waals surface area contributed by atoms with E-state index in [2.05, 4.69) is 4.98 Å². The van der Waals surface area contributed by atoms with Crippen LogP contribution in [0.2, 0.25) is 0 Å². The van der Waals surface area contributed by atoms with Crippen LogP contribution >= 0.6 is 0 Å². The van der Waals surface area contributed by atoms with Crippen LogP contribution in [0, 0.1) is 0 Å². The van der Waals surface area contributed by atoms with Crippen molar-refractivity contribution in [3.8, 4) is 5.75 Å². The number of pyridine rings is 1. The first kappa shape index (κ1) is 9.79. The molecule has 0 fully saturated rings. The Hall–Kier alpha value is -1.30. The molecule has 0 aromatic carbocycles. The smallest absolute Gasteiger partial charge is 0.418 e. The molecule has 0 spiro atoms. The van der Waals surface area contributed by atoms with Crippen molar-refractivity contribution in [1.29, 1.82) is 0 Å². The molecule has 0 aliphatic rings. The molecule has 6 heteroatoms. The van der Waals surface area contributed by atoms with E-state index < -0.39 is 29.7 Å². The molecule has 0 aliphatic carbocycles. The molecule has 1 heterocycles. The predicted molar refractivity (Wildman–Crippen MR) is 36.8 cm³/mol. The van der Waals surface area contributed by atoms with Crippen molar-refractivity contribution in [3.05, 3.63) is 23.5 Å². The zero-order valence-corrected chi connectivity index (χ0v) is 6.34.